The molecule has 0 radical (unpaired) electrons. The van der Waals surface area contributed by atoms with Crippen LogP contribution in [0.4, 0.5) is 0 Å². The van der Waals surface area contributed by atoms with Gasteiger partial charge >= 0.3 is 0 Å². The summed E-state index contributed by atoms with van der Waals surface area (Å²) in [5.74, 6) is 0.789. The van der Waals surface area contributed by atoms with Gasteiger partial charge in [0.15, 0.2) is 0 Å². The molecule has 1 saturated heterocycles. The summed E-state index contributed by atoms with van der Waals surface area (Å²) in [6.07, 6.45) is 4.85. The third-order valence-electron chi connectivity index (χ3n) is 3.04. The van der Waals surface area contributed by atoms with Gasteiger partial charge in [0.05, 0.1) is 0 Å². The van der Waals surface area contributed by atoms with E-state index in [1.807, 2.05) is 0 Å². The van der Waals surface area contributed by atoms with Gasteiger partial charge in [-0.3, -0.25) is 0 Å². The van der Waals surface area contributed by atoms with Crippen LogP contribution in [0.1, 0.15) is 39.5 Å². The van der Waals surface area contributed by atoms with Crippen molar-refractivity contribution in [2.24, 2.45) is 5.92 Å². The van der Waals surface area contributed by atoms with Crippen LogP contribution < -0.4 is 0 Å². The molecule has 1 fully saturated rings. The molecule has 0 bridgehead atoms. The number of rotatable bonds is 5. The molecule has 1 rings (SSSR count). The third kappa shape index (κ3) is 3.28. The van der Waals surface area contributed by atoms with Crippen molar-refractivity contribution in [2.45, 2.75) is 45.6 Å². The summed E-state index contributed by atoms with van der Waals surface area (Å²) in [4.78, 5) is 2.60. The van der Waals surface area contributed by atoms with Gasteiger partial charge in [-0.1, -0.05) is 13.8 Å². The zero-order valence-electron chi connectivity index (χ0n) is 9.00. The molecule has 78 valence electrons. The predicted octanol–water partition coefficient (Wildman–Crippen LogP) is 1.88. The maximum atomic E-state index is 8.70. The van der Waals surface area contributed by atoms with Gasteiger partial charge in [-0.25, -0.2) is 0 Å². The van der Waals surface area contributed by atoms with Gasteiger partial charge in [0.1, 0.15) is 0 Å². The van der Waals surface area contributed by atoms with Crippen molar-refractivity contribution >= 4 is 0 Å². The van der Waals surface area contributed by atoms with Crippen LogP contribution in [0.5, 0.6) is 0 Å². The van der Waals surface area contributed by atoms with Crippen molar-refractivity contribution in [1.29, 1.82) is 0 Å². The molecule has 0 aliphatic carbocycles. The second-order valence-electron chi connectivity index (χ2n) is 4.42. The fourth-order valence-electron chi connectivity index (χ4n) is 2.31. The molecule has 0 saturated carbocycles. The number of aliphatic hydroxyl groups excluding tert-OH is 1. The SMILES string of the molecule is CC(C)C1CCCN1CCCCO. The summed E-state index contributed by atoms with van der Waals surface area (Å²) in [7, 11) is 0. The van der Waals surface area contributed by atoms with Crippen LogP contribution in [-0.4, -0.2) is 35.7 Å². The van der Waals surface area contributed by atoms with E-state index in [1.54, 1.807) is 0 Å². The summed E-state index contributed by atoms with van der Waals surface area (Å²) in [5, 5.41) is 8.70. The Balaban J connectivity index is 2.23. The zero-order valence-corrected chi connectivity index (χ0v) is 9.00. The van der Waals surface area contributed by atoms with E-state index in [9.17, 15) is 0 Å². The average Bonchev–Trinajstić information content (AvgIpc) is 2.53. The first-order valence-corrected chi connectivity index (χ1v) is 5.60. The topological polar surface area (TPSA) is 23.5 Å². The molecule has 1 heterocycles. The van der Waals surface area contributed by atoms with Crippen LogP contribution >= 0.6 is 0 Å². The van der Waals surface area contributed by atoms with Crippen LogP contribution in [0.2, 0.25) is 0 Å². The smallest absolute Gasteiger partial charge is 0.0431 e. The molecular formula is C11H23NO. The molecule has 1 atom stereocenters. The highest BCUT2D eigenvalue weighted by atomic mass is 16.2. The van der Waals surface area contributed by atoms with E-state index >= 15 is 0 Å². The van der Waals surface area contributed by atoms with Crippen molar-refractivity contribution in [3.05, 3.63) is 0 Å². The van der Waals surface area contributed by atoms with Crippen LogP contribution in [0.15, 0.2) is 0 Å². The lowest BCUT2D eigenvalue weighted by Gasteiger charge is -2.27. The first kappa shape index (κ1) is 11.0. The largest absolute Gasteiger partial charge is 0.396 e. The Labute approximate surface area is 81.9 Å². The molecule has 1 aliphatic rings. The quantitative estimate of drug-likeness (QED) is 0.661. The standard InChI is InChI=1S/C11H23NO/c1-10(2)11-6-5-8-12(11)7-3-4-9-13/h10-11,13H,3-9H2,1-2H3. The van der Waals surface area contributed by atoms with Crippen LogP contribution in [0.3, 0.4) is 0 Å². The van der Waals surface area contributed by atoms with E-state index in [2.05, 4.69) is 18.7 Å². The molecule has 1 aliphatic heterocycles. The number of aliphatic hydroxyl groups is 1. The second-order valence-corrected chi connectivity index (χ2v) is 4.42. The number of unbranched alkanes of at least 4 members (excludes halogenated alkanes) is 1. The van der Waals surface area contributed by atoms with E-state index in [-0.39, 0.29) is 0 Å². The monoisotopic (exact) mass is 185 g/mol. The lowest BCUT2D eigenvalue weighted by atomic mass is 10.0. The van der Waals surface area contributed by atoms with Gasteiger partial charge in [-0.2, -0.15) is 0 Å². The van der Waals surface area contributed by atoms with Gasteiger partial charge in [0, 0.05) is 12.6 Å². The molecule has 0 aromatic heterocycles. The van der Waals surface area contributed by atoms with Crippen molar-refractivity contribution in [2.75, 3.05) is 19.7 Å². The van der Waals surface area contributed by atoms with Crippen LogP contribution in [0.25, 0.3) is 0 Å². The van der Waals surface area contributed by atoms with E-state index in [1.165, 1.54) is 25.9 Å². The van der Waals surface area contributed by atoms with Crippen molar-refractivity contribution in [3.63, 3.8) is 0 Å². The van der Waals surface area contributed by atoms with Crippen molar-refractivity contribution in [1.82, 2.24) is 4.90 Å². The lowest BCUT2D eigenvalue weighted by Crippen LogP contribution is -2.34. The Hall–Kier alpha value is -0.0800. The second kappa shape index (κ2) is 5.61. The fraction of sp³-hybridized carbons (Fsp3) is 1.00. The maximum Gasteiger partial charge on any atom is 0.0431 e. The molecule has 0 spiro atoms. The maximum absolute atomic E-state index is 8.70. The van der Waals surface area contributed by atoms with Gasteiger partial charge < -0.3 is 10.0 Å². The fourth-order valence-corrected chi connectivity index (χ4v) is 2.31. The molecule has 0 aromatic carbocycles. The van der Waals surface area contributed by atoms with E-state index < -0.39 is 0 Å². The number of nitrogens with zero attached hydrogens (tertiary/aromatic N) is 1. The molecule has 2 heteroatoms. The molecule has 13 heavy (non-hydrogen) atoms. The highest BCUT2D eigenvalue weighted by Crippen LogP contribution is 2.23. The van der Waals surface area contributed by atoms with E-state index in [0.29, 0.717) is 6.61 Å². The molecule has 2 nitrogen and oxygen atoms in total. The average molecular weight is 185 g/mol. The van der Waals surface area contributed by atoms with Gasteiger partial charge in [0.2, 0.25) is 0 Å². The predicted molar refractivity (Wildman–Crippen MR) is 55.8 cm³/mol. The van der Waals surface area contributed by atoms with E-state index in [4.69, 9.17) is 5.11 Å². The summed E-state index contributed by atoms with van der Waals surface area (Å²) >= 11 is 0. The molecule has 1 N–H and O–H groups in total. The molecular weight excluding hydrogens is 162 g/mol. The Morgan fingerprint density at radius 1 is 1.38 bits per heavy atom. The van der Waals surface area contributed by atoms with Crippen molar-refractivity contribution in [3.8, 4) is 0 Å². The van der Waals surface area contributed by atoms with Crippen LogP contribution in [0, 0.1) is 5.92 Å². The Morgan fingerprint density at radius 3 is 2.77 bits per heavy atom. The van der Waals surface area contributed by atoms with Crippen molar-refractivity contribution < 1.29 is 5.11 Å². The molecule has 0 amide bonds. The van der Waals surface area contributed by atoms with E-state index in [0.717, 1.165) is 24.8 Å². The summed E-state index contributed by atoms with van der Waals surface area (Å²) < 4.78 is 0. The minimum absolute atomic E-state index is 0.347. The Morgan fingerprint density at radius 2 is 2.15 bits per heavy atom. The summed E-state index contributed by atoms with van der Waals surface area (Å²) in [6, 6.07) is 0.804. The first-order valence-electron chi connectivity index (χ1n) is 5.60. The summed E-state index contributed by atoms with van der Waals surface area (Å²) in [6.45, 7) is 7.43. The minimum atomic E-state index is 0.347. The summed E-state index contributed by atoms with van der Waals surface area (Å²) in [5.41, 5.74) is 0. The third-order valence-corrected chi connectivity index (χ3v) is 3.04. The molecule has 0 aromatic rings. The van der Waals surface area contributed by atoms with Gasteiger partial charge in [-0.15, -0.1) is 0 Å². The Bertz CT molecular complexity index is 136. The number of hydrogen-bond acceptors (Lipinski definition) is 2. The molecule has 1 unspecified atom stereocenters. The highest BCUT2D eigenvalue weighted by Gasteiger charge is 2.25. The highest BCUT2D eigenvalue weighted by molar-refractivity contribution is 4.81. The minimum Gasteiger partial charge on any atom is -0.396 e. The van der Waals surface area contributed by atoms with Gasteiger partial charge in [0.25, 0.3) is 0 Å². The van der Waals surface area contributed by atoms with Gasteiger partial charge in [-0.05, 0) is 44.7 Å². The number of hydrogen-bond donors (Lipinski definition) is 1. The van der Waals surface area contributed by atoms with Crippen LogP contribution in [-0.2, 0) is 0 Å². The first-order chi connectivity index (χ1) is 6.25. The zero-order chi connectivity index (χ0) is 9.68. The lowest BCUT2D eigenvalue weighted by molar-refractivity contribution is 0.194. The Kier molecular flexibility index (Phi) is 4.74. The number of likely N-dealkylation sites (tertiary alicyclic amines) is 1. The normalized spacial score (nSPS) is 24.5.